The number of hydrogen-bond donors (Lipinski definition) is 0. The van der Waals surface area contributed by atoms with E-state index in [1.807, 2.05) is 20.8 Å². The SMILES string of the molecule is COCOc1cc(-c2ncc3c(OC(C)(C)C)nc(OC[C@@]45CCCN4[C@H](COc4cc(C(F)(F)F)ncn4)CC5)nc3c2F)c2c(C#C[Si](C(C)C)(C(C)C)C(C)C)c(F)ccc2c1. The molecule has 11 nitrogen and oxygen atoms in total. The van der Waals surface area contributed by atoms with E-state index in [9.17, 15) is 13.2 Å². The first kappa shape index (κ1) is 47.8. The first-order valence-corrected chi connectivity index (χ1v) is 24.3. The minimum atomic E-state index is -4.63. The second-order valence-electron chi connectivity index (χ2n) is 19.0. The Morgan fingerprint density at radius 1 is 0.908 bits per heavy atom. The maximum absolute atomic E-state index is 17.6. The first-order valence-electron chi connectivity index (χ1n) is 22.1. The number of nitrogens with zero attached hydrogens (tertiary/aromatic N) is 6. The molecule has 5 aromatic rings. The molecule has 0 unspecified atom stereocenters. The minimum Gasteiger partial charge on any atom is -0.476 e. The Labute approximate surface area is 377 Å². The van der Waals surface area contributed by atoms with Gasteiger partial charge in [0, 0.05) is 36.4 Å². The van der Waals surface area contributed by atoms with Gasteiger partial charge in [0.05, 0.1) is 16.5 Å². The van der Waals surface area contributed by atoms with Gasteiger partial charge in [-0.2, -0.15) is 23.1 Å². The fraction of sp³-hybridized carbons (Fsp3) is 0.521. The van der Waals surface area contributed by atoms with Gasteiger partial charge in [-0.05, 0) is 93.2 Å². The fourth-order valence-corrected chi connectivity index (χ4v) is 15.1. The topological polar surface area (TPSA) is 114 Å². The van der Waals surface area contributed by atoms with Crippen LogP contribution in [0.25, 0.3) is 32.9 Å². The molecule has 0 saturated carbocycles. The third kappa shape index (κ3) is 9.71. The van der Waals surface area contributed by atoms with E-state index >= 15 is 8.78 Å². The molecule has 2 fully saturated rings. The molecular formula is C48H57F5N6O5Si. The summed E-state index contributed by atoms with van der Waals surface area (Å²) in [5.74, 6) is 2.21. The zero-order chi connectivity index (χ0) is 47.1. The molecule has 2 atom stereocenters. The molecule has 0 N–H and O–H groups in total. The molecular weight excluding hydrogens is 864 g/mol. The second kappa shape index (κ2) is 18.6. The van der Waals surface area contributed by atoms with Crippen LogP contribution < -0.4 is 18.9 Å². The lowest BCUT2D eigenvalue weighted by Gasteiger charge is -2.38. The van der Waals surface area contributed by atoms with Gasteiger partial charge in [-0.3, -0.25) is 9.88 Å². The number of pyridine rings is 1. The van der Waals surface area contributed by atoms with Crippen LogP contribution in [-0.4, -0.2) is 88.7 Å². The number of rotatable bonds is 14. The third-order valence-electron chi connectivity index (χ3n) is 12.8. The molecule has 0 amide bonds. The van der Waals surface area contributed by atoms with Crippen molar-refractivity contribution in [3.05, 3.63) is 65.7 Å². The monoisotopic (exact) mass is 920 g/mol. The summed E-state index contributed by atoms with van der Waals surface area (Å²) in [6.07, 6.45) is 0.708. The molecule has 3 aromatic heterocycles. The maximum atomic E-state index is 17.6. The van der Waals surface area contributed by atoms with Crippen molar-refractivity contribution in [1.82, 2.24) is 29.8 Å². The average Bonchev–Trinajstić information content (AvgIpc) is 3.80. The second-order valence-corrected chi connectivity index (χ2v) is 24.5. The summed E-state index contributed by atoms with van der Waals surface area (Å²) in [5, 5.41) is 1.15. The van der Waals surface area contributed by atoms with E-state index in [1.165, 1.54) is 19.4 Å². The van der Waals surface area contributed by atoms with E-state index < -0.39 is 42.7 Å². The van der Waals surface area contributed by atoms with E-state index in [-0.39, 0.29) is 88.2 Å². The zero-order valence-electron chi connectivity index (χ0n) is 38.6. The number of ether oxygens (including phenoxy) is 5. The van der Waals surface area contributed by atoms with Gasteiger partial charge in [0.25, 0.3) is 0 Å². The van der Waals surface area contributed by atoms with Crippen molar-refractivity contribution in [3.63, 3.8) is 0 Å². The van der Waals surface area contributed by atoms with Crippen molar-refractivity contribution in [2.24, 2.45) is 0 Å². The molecule has 0 aliphatic carbocycles. The Morgan fingerprint density at radius 3 is 2.32 bits per heavy atom. The Bertz CT molecular complexity index is 2590. The minimum absolute atomic E-state index is 0.0639. The molecule has 2 aliphatic heterocycles. The van der Waals surface area contributed by atoms with Crippen molar-refractivity contribution in [3.8, 4) is 46.2 Å². The number of aromatic nitrogens is 5. The first-order chi connectivity index (χ1) is 30.7. The molecule has 2 aromatic carbocycles. The zero-order valence-corrected chi connectivity index (χ0v) is 39.6. The van der Waals surface area contributed by atoms with Crippen molar-refractivity contribution in [2.75, 3.05) is 33.7 Å². The lowest BCUT2D eigenvalue weighted by atomic mass is 9.95. The summed E-state index contributed by atoms with van der Waals surface area (Å²) >= 11 is 0. The molecule has 17 heteroatoms. The lowest BCUT2D eigenvalue weighted by Crippen LogP contribution is -2.48. The number of fused-ring (bicyclic) bond motifs is 3. The van der Waals surface area contributed by atoms with Gasteiger partial charge in [0.15, 0.2) is 18.3 Å². The highest BCUT2D eigenvalue weighted by Gasteiger charge is 2.50. The number of hydrogen-bond acceptors (Lipinski definition) is 11. The van der Waals surface area contributed by atoms with Gasteiger partial charge < -0.3 is 23.7 Å². The molecule has 65 heavy (non-hydrogen) atoms. The molecule has 2 saturated heterocycles. The summed E-state index contributed by atoms with van der Waals surface area (Å²) in [5.41, 5.74) is 2.38. The van der Waals surface area contributed by atoms with Crippen LogP contribution in [0.1, 0.15) is 99.3 Å². The smallest absolute Gasteiger partial charge is 0.433 e. The predicted octanol–water partition coefficient (Wildman–Crippen LogP) is 11.1. The summed E-state index contributed by atoms with van der Waals surface area (Å²) in [6.45, 7) is 19.5. The van der Waals surface area contributed by atoms with E-state index in [0.717, 1.165) is 31.8 Å². The molecule has 0 bridgehead atoms. The molecule has 0 radical (unpaired) electrons. The Kier molecular flexibility index (Phi) is 13.7. The van der Waals surface area contributed by atoms with Gasteiger partial charge in [-0.25, -0.2) is 18.7 Å². The fourth-order valence-electron chi connectivity index (χ4n) is 9.91. The molecule has 348 valence electrons. The highest BCUT2D eigenvalue weighted by atomic mass is 28.3. The summed E-state index contributed by atoms with van der Waals surface area (Å²) in [6, 6.07) is 6.89. The Balaban J connectivity index is 1.29. The van der Waals surface area contributed by atoms with Gasteiger partial charge in [0.1, 0.15) is 56.0 Å². The molecule has 7 rings (SSSR count). The molecule has 2 aliphatic rings. The van der Waals surface area contributed by atoms with Gasteiger partial charge in [-0.15, -0.1) is 5.54 Å². The van der Waals surface area contributed by atoms with E-state index in [4.69, 9.17) is 23.7 Å². The Morgan fingerprint density at radius 2 is 1.65 bits per heavy atom. The van der Waals surface area contributed by atoms with Crippen LogP contribution in [0.15, 0.2) is 42.9 Å². The van der Waals surface area contributed by atoms with Crippen LogP contribution in [0, 0.1) is 23.1 Å². The quantitative estimate of drug-likeness (QED) is 0.0459. The average molecular weight is 921 g/mol. The predicted molar refractivity (Wildman–Crippen MR) is 241 cm³/mol. The highest BCUT2D eigenvalue weighted by molar-refractivity contribution is 6.90. The van der Waals surface area contributed by atoms with Crippen LogP contribution in [0.5, 0.6) is 23.5 Å². The van der Waals surface area contributed by atoms with Gasteiger partial charge in [0.2, 0.25) is 11.8 Å². The normalized spacial score (nSPS) is 18.2. The van der Waals surface area contributed by atoms with E-state index in [2.05, 4.69) is 82.8 Å². The summed E-state index contributed by atoms with van der Waals surface area (Å²) in [4.78, 5) is 23.4. The van der Waals surface area contributed by atoms with Crippen LogP contribution in [0.2, 0.25) is 16.6 Å². The van der Waals surface area contributed by atoms with Crippen molar-refractivity contribution < 1.29 is 45.6 Å². The van der Waals surface area contributed by atoms with Crippen LogP contribution in [0.4, 0.5) is 22.0 Å². The number of halogens is 5. The summed E-state index contributed by atoms with van der Waals surface area (Å²) in [7, 11) is -0.843. The standard InChI is InChI=1S/C48H57F5N6O5Si/c1-28(2)65(29(3)4,30(5)6)19-15-34-37(49)13-12-31-20-33(63-27-60-10)21-35(40(31)34)42-41(50)43-36(23-54-42)44(64-46(7,8)9)58-45(57-43)62-25-47-16-11-18-59(47)32(14-17-47)24-61-39-22-38(48(51,52)53)55-26-56-39/h12-13,20-23,26,28-30,32H,11,14,16-18,24-25,27H2,1-10H3/t32-,47-/m0/s1. The largest absolute Gasteiger partial charge is 0.476 e. The molecule has 5 heterocycles. The van der Waals surface area contributed by atoms with Crippen LogP contribution in [-0.2, 0) is 10.9 Å². The third-order valence-corrected chi connectivity index (χ3v) is 19.1. The van der Waals surface area contributed by atoms with Crippen LogP contribution >= 0.6 is 0 Å². The number of benzene rings is 2. The highest BCUT2D eigenvalue weighted by Crippen LogP contribution is 2.45. The van der Waals surface area contributed by atoms with Crippen molar-refractivity contribution in [1.29, 1.82) is 0 Å². The Hall–Kier alpha value is -5.18. The van der Waals surface area contributed by atoms with Crippen LogP contribution in [0.3, 0.4) is 0 Å². The van der Waals surface area contributed by atoms with E-state index in [0.29, 0.717) is 29.4 Å². The summed E-state index contributed by atoms with van der Waals surface area (Å²) < 4.78 is 103. The number of alkyl halides is 3. The molecule has 0 spiro atoms. The van der Waals surface area contributed by atoms with E-state index in [1.54, 1.807) is 18.2 Å². The van der Waals surface area contributed by atoms with Gasteiger partial charge in [-0.1, -0.05) is 53.5 Å². The van der Waals surface area contributed by atoms with Crippen molar-refractivity contribution >= 4 is 29.7 Å². The maximum Gasteiger partial charge on any atom is 0.433 e. The van der Waals surface area contributed by atoms with Crippen molar-refractivity contribution in [2.45, 2.75) is 128 Å². The van der Waals surface area contributed by atoms with Gasteiger partial charge >= 0.3 is 12.2 Å². The number of methoxy groups -OCH3 is 1. The lowest BCUT2D eigenvalue weighted by molar-refractivity contribution is -0.141.